The van der Waals surface area contributed by atoms with E-state index in [1.807, 2.05) is 37.3 Å². The van der Waals surface area contributed by atoms with Gasteiger partial charge in [-0.05, 0) is 30.2 Å². The number of ether oxygens (including phenoxy) is 1. The fourth-order valence-corrected chi connectivity index (χ4v) is 2.60. The van der Waals surface area contributed by atoms with Crippen LogP contribution in [0.3, 0.4) is 0 Å². The van der Waals surface area contributed by atoms with Gasteiger partial charge in [0.15, 0.2) is 0 Å². The number of hydrogen-bond acceptors (Lipinski definition) is 3. The topological polar surface area (TPSA) is 49.8 Å². The molecule has 0 aromatic heterocycles. The van der Waals surface area contributed by atoms with E-state index in [9.17, 15) is 9.90 Å². The van der Waals surface area contributed by atoms with Crippen LogP contribution < -0.4 is 0 Å². The molecule has 20 heavy (non-hydrogen) atoms. The van der Waals surface area contributed by atoms with Gasteiger partial charge in [-0.2, -0.15) is 0 Å². The SMILES string of the molecule is CC(CO)C1CCCN(C(=O)OCc2ccccc2)C1. The molecule has 1 amide bonds. The minimum Gasteiger partial charge on any atom is -0.445 e. The lowest BCUT2D eigenvalue weighted by Crippen LogP contribution is -2.42. The Hall–Kier alpha value is -1.55. The molecule has 0 aliphatic carbocycles. The van der Waals surface area contributed by atoms with E-state index in [1.165, 1.54) is 0 Å². The Kier molecular flexibility index (Phi) is 5.41. The number of aliphatic hydroxyl groups excluding tert-OH is 1. The maximum Gasteiger partial charge on any atom is 0.410 e. The maximum atomic E-state index is 12.1. The molecule has 1 aliphatic rings. The fraction of sp³-hybridized carbons (Fsp3) is 0.562. The highest BCUT2D eigenvalue weighted by Gasteiger charge is 2.27. The first-order valence-electron chi connectivity index (χ1n) is 7.27. The molecule has 1 N–H and O–H groups in total. The van der Waals surface area contributed by atoms with Gasteiger partial charge in [0.25, 0.3) is 0 Å². The molecule has 4 nitrogen and oxygen atoms in total. The van der Waals surface area contributed by atoms with E-state index in [4.69, 9.17) is 4.74 Å². The summed E-state index contributed by atoms with van der Waals surface area (Å²) in [4.78, 5) is 13.8. The number of rotatable bonds is 4. The van der Waals surface area contributed by atoms with Crippen LogP contribution in [0.1, 0.15) is 25.3 Å². The van der Waals surface area contributed by atoms with Crippen LogP contribution in [0.15, 0.2) is 30.3 Å². The van der Waals surface area contributed by atoms with Crippen molar-refractivity contribution in [3.05, 3.63) is 35.9 Å². The lowest BCUT2D eigenvalue weighted by Gasteiger charge is -2.34. The van der Waals surface area contributed by atoms with Crippen LogP contribution in [0.2, 0.25) is 0 Å². The predicted molar refractivity (Wildman–Crippen MR) is 77.2 cm³/mol. The quantitative estimate of drug-likeness (QED) is 0.920. The maximum absolute atomic E-state index is 12.1. The van der Waals surface area contributed by atoms with Crippen molar-refractivity contribution < 1.29 is 14.6 Å². The van der Waals surface area contributed by atoms with Gasteiger partial charge in [0.1, 0.15) is 6.61 Å². The lowest BCUT2D eigenvalue weighted by molar-refractivity contribution is 0.0634. The highest BCUT2D eigenvalue weighted by atomic mass is 16.6. The summed E-state index contributed by atoms with van der Waals surface area (Å²) in [7, 11) is 0. The molecular weight excluding hydrogens is 254 g/mol. The van der Waals surface area contributed by atoms with Crippen LogP contribution >= 0.6 is 0 Å². The minimum atomic E-state index is -0.247. The molecule has 2 unspecified atom stereocenters. The second kappa shape index (κ2) is 7.29. The van der Waals surface area contributed by atoms with Crippen molar-refractivity contribution in [3.63, 3.8) is 0 Å². The first kappa shape index (κ1) is 14.9. The molecule has 1 fully saturated rings. The molecule has 0 radical (unpaired) electrons. The highest BCUT2D eigenvalue weighted by Crippen LogP contribution is 2.24. The van der Waals surface area contributed by atoms with Crippen LogP contribution in [-0.2, 0) is 11.3 Å². The Morgan fingerprint density at radius 2 is 2.20 bits per heavy atom. The van der Waals surface area contributed by atoms with Crippen molar-refractivity contribution in [3.8, 4) is 0 Å². The van der Waals surface area contributed by atoms with Gasteiger partial charge in [-0.25, -0.2) is 4.79 Å². The van der Waals surface area contributed by atoms with Crippen molar-refractivity contribution in [1.82, 2.24) is 4.90 Å². The number of benzene rings is 1. The molecular formula is C16H23NO3. The van der Waals surface area contributed by atoms with E-state index in [-0.39, 0.29) is 18.6 Å². The molecule has 2 atom stereocenters. The number of aliphatic hydroxyl groups is 1. The molecule has 0 bridgehead atoms. The van der Waals surface area contributed by atoms with Gasteiger partial charge in [-0.3, -0.25) is 0 Å². The molecule has 1 aliphatic heterocycles. The van der Waals surface area contributed by atoms with Crippen molar-refractivity contribution in [2.75, 3.05) is 19.7 Å². The van der Waals surface area contributed by atoms with Gasteiger partial charge >= 0.3 is 6.09 Å². The summed E-state index contributed by atoms with van der Waals surface area (Å²) in [5.41, 5.74) is 0.998. The molecule has 0 spiro atoms. The van der Waals surface area contributed by atoms with Gasteiger partial charge in [-0.1, -0.05) is 37.3 Å². The van der Waals surface area contributed by atoms with Crippen molar-refractivity contribution >= 4 is 6.09 Å². The third kappa shape index (κ3) is 3.97. The monoisotopic (exact) mass is 277 g/mol. The molecule has 1 heterocycles. The largest absolute Gasteiger partial charge is 0.445 e. The van der Waals surface area contributed by atoms with Crippen molar-refractivity contribution in [2.45, 2.75) is 26.4 Å². The van der Waals surface area contributed by atoms with E-state index < -0.39 is 0 Å². The summed E-state index contributed by atoms with van der Waals surface area (Å²) in [6.45, 7) is 3.97. The van der Waals surface area contributed by atoms with Crippen LogP contribution in [-0.4, -0.2) is 35.8 Å². The Bertz CT molecular complexity index is 421. The first-order chi connectivity index (χ1) is 9.70. The molecule has 4 heteroatoms. The summed E-state index contributed by atoms with van der Waals surface area (Å²) < 4.78 is 5.35. The van der Waals surface area contributed by atoms with E-state index >= 15 is 0 Å². The number of carbonyl (C=O) groups excluding carboxylic acids is 1. The zero-order valence-electron chi connectivity index (χ0n) is 12.0. The molecule has 0 saturated carbocycles. The summed E-state index contributed by atoms with van der Waals surface area (Å²) in [5, 5.41) is 9.23. The van der Waals surface area contributed by atoms with Gasteiger partial charge in [0.05, 0.1) is 0 Å². The van der Waals surface area contributed by atoms with E-state index in [1.54, 1.807) is 4.90 Å². The molecule has 1 aromatic rings. The van der Waals surface area contributed by atoms with Crippen LogP contribution in [0.25, 0.3) is 0 Å². The summed E-state index contributed by atoms with van der Waals surface area (Å²) in [5.74, 6) is 0.609. The lowest BCUT2D eigenvalue weighted by atomic mass is 9.87. The normalized spacial score (nSPS) is 20.5. The van der Waals surface area contributed by atoms with Gasteiger partial charge in [-0.15, -0.1) is 0 Å². The third-order valence-corrected chi connectivity index (χ3v) is 4.01. The van der Waals surface area contributed by atoms with Crippen LogP contribution in [0.5, 0.6) is 0 Å². The Morgan fingerprint density at radius 3 is 2.90 bits per heavy atom. The van der Waals surface area contributed by atoms with E-state index in [0.717, 1.165) is 24.9 Å². The number of piperidine rings is 1. The zero-order chi connectivity index (χ0) is 14.4. The Balaban J connectivity index is 1.83. The molecule has 110 valence electrons. The summed E-state index contributed by atoms with van der Waals surface area (Å²) >= 11 is 0. The number of amides is 1. The molecule has 2 rings (SSSR count). The average Bonchev–Trinajstić information content (AvgIpc) is 2.53. The second-order valence-corrected chi connectivity index (χ2v) is 5.55. The number of likely N-dealkylation sites (tertiary alicyclic amines) is 1. The van der Waals surface area contributed by atoms with Crippen LogP contribution in [0.4, 0.5) is 4.79 Å². The smallest absolute Gasteiger partial charge is 0.410 e. The van der Waals surface area contributed by atoms with Crippen molar-refractivity contribution in [2.24, 2.45) is 11.8 Å². The summed E-state index contributed by atoms with van der Waals surface area (Å²) in [6, 6.07) is 9.70. The standard InChI is InChI=1S/C16H23NO3/c1-13(11-18)15-8-5-9-17(10-15)16(19)20-12-14-6-3-2-4-7-14/h2-4,6-7,13,15,18H,5,8-12H2,1H3. The fourth-order valence-electron chi connectivity index (χ4n) is 2.60. The average molecular weight is 277 g/mol. The van der Waals surface area contributed by atoms with Gasteiger partial charge in [0, 0.05) is 19.7 Å². The van der Waals surface area contributed by atoms with E-state index in [0.29, 0.717) is 19.1 Å². The molecule has 1 saturated heterocycles. The number of hydrogen-bond donors (Lipinski definition) is 1. The Labute approximate surface area is 120 Å². The highest BCUT2D eigenvalue weighted by molar-refractivity contribution is 5.67. The number of nitrogens with zero attached hydrogens (tertiary/aromatic N) is 1. The van der Waals surface area contributed by atoms with Gasteiger partial charge in [0.2, 0.25) is 0 Å². The Morgan fingerprint density at radius 1 is 1.45 bits per heavy atom. The summed E-state index contributed by atoms with van der Waals surface area (Å²) in [6.07, 6.45) is 1.81. The zero-order valence-corrected chi connectivity index (χ0v) is 12.0. The van der Waals surface area contributed by atoms with E-state index in [2.05, 4.69) is 0 Å². The number of carbonyl (C=O) groups is 1. The molecule has 1 aromatic carbocycles. The second-order valence-electron chi connectivity index (χ2n) is 5.55. The predicted octanol–water partition coefficient (Wildman–Crippen LogP) is 2.66. The van der Waals surface area contributed by atoms with Crippen molar-refractivity contribution in [1.29, 1.82) is 0 Å². The first-order valence-corrected chi connectivity index (χ1v) is 7.27. The third-order valence-electron chi connectivity index (χ3n) is 4.01. The van der Waals surface area contributed by atoms with Crippen LogP contribution in [0, 0.1) is 11.8 Å². The van der Waals surface area contributed by atoms with Gasteiger partial charge < -0.3 is 14.7 Å². The minimum absolute atomic E-state index is 0.178.